The quantitative estimate of drug-likeness (QED) is 0.551. The summed E-state index contributed by atoms with van der Waals surface area (Å²) in [5.41, 5.74) is 1.10. The third-order valence-corrected chi connectivity index (χ3v) is 2.58. The van der Waals surface area contributed by atoms with E-state index >= 15 is 0 Å². The Labute approximate surface area is 103 Å². The fourth-order valence-electron chi connectivity index (χ4n) is 1.72. The van der Waals surface area contributed by atoms with Gasteiger partial charge in [-0.2, -0.15) is 0 Å². The van der Waals surface area contributed by atoms with Gasteiger partial charge in [-0.15, -0.1) is 0 Å². The summed E-state index contributed by atoms with van der Waals surface area (Å²) in [6.07, 6.45) is 5.77. The lowest BCUT2D eigenvalue weighted by molar-refractivity contribution is 0.612. The summed E-state index contributed by atoms with van der Waals surface area (Å²) in [6, 6.07) is 0. The van der Waals surface area contributed by atoms with Gasteiger partial charge < -0.3 is 5.32 Å². The highest BCUT2D eigenvalue weighted by Gasteiger charge is 2.03. The van der Waals surface area contributed by atoms with Gasteiger partial charge in [0, 0.05) is 32.0 Å². The summed E-state index contributed by atoms with van der Waals surface area (Å²) in [7, 11) is 0. The molecule has 0 amide bonds. The Morgan fingerprint density at radius 3 is 2.65 bits per heavy atom. The minimum absolute atomic E-state index is 0.0588. The second-order valence-electron chi connectivity index (χ2n) is 4.33. The molecular weight excluding hydrogens is 214 g/mol. The Bertz CT molecular complexity index is 403. The van der Waals surface area contributed by atoms with Gasteiger partial charge in [0.15, 0.2) is 0 Å². The average molecular weight is 237 g/mol. The molecular formula is C13H23N3O. The summed E-state index contributed by atoms with van der Waals surface area (Å²) in [5.74, 6) is 0. The van der Waals surface area contributed by atoms with Crippen LogP contribution in [-0.2, 0) is 13.1 Å². The van der Waals surface area contributed by atoms with Crippen molar-refractivity contribution >= 4 is 0 Å². The number of rotatable bonds is 8. The number of aryl methyl sites for hydroxylation is 1. The standard InChI is InChI=1S/C13H23N3O/c1-4-6-14-10-12(3)11-16-9-8-15(7-5-2)13(16)17/h8-9,14H,3-7,10-11H2,1-2H3. The lowest BCUT2D eigenvalue weighted by atomic mass is 10.3. The summed E-state index contributed by atoms with van der Waals surface area (Å²) in [5, 5.41) is 3.28. The normalized spacial score (nSPS) is 10.7. The molecule has 1 aromatic heterocycles. The lowest BCUT2D eigenvalue weighted by Gasteiger charge is -2.07. The van der Waals surface area contributed by atoms with E-state index in [4.69, 9.17) is 0 Å². The Morgan fingerprint density at radius 1 is 1.29 bits per heavy atom. The van der Waals surface area contributed by atoms with Crippen LogP contribution in [0.5, 0.6) is 0 Å². The summed E-state index contributed by atoms with van der Waals surface area (Å²) >= 11 is 0. The van der Waals surface area contributed by atoms with E-state index in [0.29, 0.717) is 6.54 Å². The third-order valence-electron chi connectivity index (χ3n) is 2.58. The van der Waals surface area contributed by atoms with Crippen molar-refractivity contribution in [2.24, 2.45) is 0 Å². The molecule has 0 bridgehead atoms. The molecule has 1 aromatic rings. The van der Waals surface area contributed by atoms with Crippen molar-refractivity contribution < 1.29 is 0 Å². The van der Waals surface area contributed by atoms with Crippen molar-refractivity contribution in [2.75, 3.05) is 13.1 Å². The van der Waals surface area contributed by atoms with Crippen molar-refractivity contribution in [3.05, 3.63) is 35.0 Å². The molecule has 1 heterocycles. The maximum Gasteiger partial charge on any atom is 0.328 e. The predicted octanol–water partition coefficient (Wildman–Crippen LogP) is 1.62. The third kappa shape index (κ3) is 4.23. The Hall–Kier alpha value is -1.29. The van der Waals surface area contributed by atoms with Gasteiger partial charge >= 0.3 is 5.69 Å². The SMILES string of the molecule is C=C(CNCCC)Cn1ccn(CCC)c1=O. The molecule has 0 aromatic carbocycles. The molecule has 4 nitrogen and oxygen atoms in total. The first-order valence-electron chi connectivity index (χ1n) is 6.32. The molecule has 0 aliphatic heterocycles. The first kappa shape index (κ1) is 13.8. The number of nitrogens with one attached hydrogen (secondary N) is 1. The summed E-state index contributed by atoms with van der Waals surface area (Å²) < 4.78 is 3.46. The van der Waals surface area contributed by atoms with E-state index in [1.807, 2.05) is 12.4 Å². The lowest BCUT2D eigenvalue weighted by Crippen LogP contribution is -2.26. The molecule has 0 atom stereocenters. The molecule has 17 heavy (non-hydrogen) atoms. The first-order chi connectivity index (χ1) is 8.19. The van der Waals surface area contributed by atoms with Crippen LogP contribution in [0.1, 0.15) is 26.7 Å². The van der Waals surface area contributed by atoms with Gasteiger partial charge in [-0.3, -0.25) is 9.13 Å². The number of imidazole rings is 1. The van der Waals surface area contributed by atoms with Crippen molar-refractivity contribution in [3.8, 4) is 0 Å². The Kier molecular flexibility index (Phi) is 5.77. The van der Waals surface area contributed by atoms with E-state index in [2.05, 4.69) is 25.7 Å². The van der Waals surface area contributed by atoms with Crippen LogP contribution in [0.25, 0.3) is 0 Å². The Balaban J connectivity index is 2.51. The molecule has 0 unspecified atom stereocenters. The zero-order valence-corrected chi connectivity index (χ0v) is 10.9. The highest BCUT2D eigenvalue weighted by atomic mass is 16.1. The van der Waals surface area contributed by atoms with Gasteiger partial charge in [0.2, 0.25) is 0 Å². The van der Waals surface area contributed by atoms with Gasteiger partial charge in [0.05, 0.1) is 0 Å². The fraction of sp³-hybridized carbons (Fsp3) is 0.615. The first-order valence-corrected chi connectivity index (χ1v) is 6.32. The number of hydrogen-bond acceptors (Lipinski definition) is 2. The van der Waals surface area contributed by atoms with Crippen LogP contribution in [0.4, 0.5) is 0 Å². The van der Waals surface area contributed by atoms with E-state index in [1.54, 1.807) is 9.13 Å². The van der Waals surface area contributed by atoms with Crippen molar-refractivity contribution in [3.63, 3.8) is 0 Å². The largest absolute Gasteiger partial charge is 0.328 e. The van der Waals surface area contributed by atoms with E-state index in [-0.39, 0.29) is 5.69 Å². The van der Waals surface area contributed by atoms with Gasteiger partial charge in [-0.25, -0.2) is 4.79 Å². The monoisotopic (exact) mass is 237 g/mol. The smallest absolute Gasteiger partial charge is 0.313 e. The van der Waals surface area contributed by atoms with E-state index in [0.717, 1.165) is 38.0 Å². The zero-order valence-electron chi connectivity index (χ0n) is 10.9. The maximum absolute atomic E-state index is 11.9. The van der Waals surface area contributed by atoms with Crippen molar-refractivity contribution in [1.82, 2.24) is 14.5 Å². The zero-order chi connectivity index (χ0) is 12.7. The van der Waals surface area contributed by atoms with Crippen LogP contribution in [0.3, 0.4) is 0 Å². The molecule has 96 valence electrons. The molecule has 0 spiro atoms. The Morgan fingerprint density at radius 2 is 2.00 bits per heavy atom. The molecule has 0 fully saturated rings. The second kappa shape index (κ2) is 7.12. The minimum Gasteiger partial charge on any atom is -0.313 e. The highest BCUT2D eigenvalue weighted by Crippen LogP contribution is 1.95. The molecule has 1 rings (SSSR count). The summed E-state index contributed by atoms with van der Waals surface area (Å²) in [6.45, 7) is 11.3. The van der Waals surface area contributed by atoms with Gasteiger partial charge in [0.25, 0.3) is 0 Å². The molecule has 4 heteroatoms. The van der Waals surface area contributed by atoms with Crippen LogP contribution in [0.2, 0.25) is 0 Å². The van der Waals surface area contributed by atoms with Gasteiger partial charge in [-0.05, 0) is 25.0 Å². The number of hydrogen-bond donors (Lipinski definition) is 1. The topological polar surface area (TPSA) is 39.0 Å². The van der Waals surface area contributed by atoms with Crippen LogP contribution in [0.15, 0.2) is 29.3 Å². The average Bonchev–Trinajstić information content (AvgIpc) is 2.63. The van der Waals surface area contributed by atoms with Crippen molar-refractivity contribution in [1.29, 1.82) is 0 Å². The highest BCUT2D eigenvalue weighted by molar-refractivity contribution is 4.98. The molecule has 0 aliphatic rings. The van der Waals surface area contributed by atoms with Gasteiger partial charge in [-0.1, -0.05) is 20.4 Å². The van der Waals surface area contributed by atoms with Crippen LogP contribution in [0, 0.1) is 0 Å². The van der Waals surface area contributed by atoms with Crippen LogP contribution in [-0.4, -0.2) is 22.2 Å². The van der Waals surface area contributed by atoms with Crippen LogP contribution < -0.4 is 11.0 Å². The second-order valence-corrected chi connectivity index (χ2v) is 4.33. The summed E-state index contributed by atoms with van der Waals surface area (Å²) in [4.78, 5) is 11.9. The van der Waals surface area contributed by atoms with Crippen LogP contribution >= 0.6 is 0 Å². The van der Waals surface area contributed by atoms with E-state index in [9.17, 15) is 4.79 Å². The van der Waals surface area contributed by atoms with Gasteiger partial charge in [0.1, 0.15) is 0 Å². The van der Waals surface area contributed by atoms with E-state index < -0.39 is 0 Å². The number of nitrogens with zero attached hydrogens (tertiary/aromatic N) is 2. The maximum atomic E-state index is 11.9. The molecule has 0 saturated heterocycles. The molecule has 1 N–H and O–H groups in total. The minimum atomic E-state index is 0.0588. The van der Waals surface area contributed by atoms with E-state index in [1.165, 1.54) is 0 Å². The molecule has 0 saturated carbocycles. The fourth-order valence-corrected chi connectivity index (χ4v) is 1.72. The van der Waals surface area contributed by atoms with Crippen molar-refractivity contribution in [2.45, 2.75) is 39.8 Å². The molecule has 0 aliphatic carbocycles. The predicted molar refractivity (Wildman–Crippen MR) is 71.3 cm³/mol. The molecule has 0 radical (unpaired) electrons. The number of aromatic nitrogens is 2.